The molecule has 0 radical (unpaired) electrons. The van der Waals surface area contributed by atoms with E-state index in [1.165, 1.54) is 19.3 Å². The van der Waals surface area contributed by atoms with Gasteiger partial charge >= 0.3 is 0 Å². The fraction of sp³-hybridized carbons (Fsp3) is 0.650. The van der Waals surface area contributed by atoms with Crippen LogP contribution in [0.5, 0.6) is 0 Å². The fourth-order valence-electron chi connectivity index (χ4n) is 5.68. The van der Waals surface area contributed by atoms with Gasteiger partial charge in [0, 0.05) is 36.2 Å². The number of aromatic nitrogens is 1. The molecule has 5 rings (SSSR count). The fourth-order valence-corrected chi connectivity index (χ4v) is 7.14. The molecular formula is C20H26BrN3O2. The molecule has 1 heterocycles. The Morgan fingerprint density at radius 3 is 2.46 bits per heavy atom. The third-order valence-corrected chi connectivity index (χ3v) is 7.28. The molecule has 4 fully saturated rings. The molecule has 0 aromatic carbocycles. The summed E-state index contributed by atoms with van der Waals surface area (Å²) in [5, 5.41) is 5.94. The normalized spacial score (nSPS) is 34.5. The molecular weight excluding hydrogens is 394 g/mol. The molecule has 0 aliphatic heterocycles. The van der Waals surface area contributed by atoms with Crippen molar-refractivity contribution in [2.75, 3.05) is 6.54 Å². The Labute approximate surface area is 162 Å². The van der Waals surface area contributed by atoms with Crippen LogP contribution in [0.4, 0.5) is 0 Å². The lowest BCUT2D eigenvalue weighted by atomic mass is 9.49. The van der Waals surface area contributed by atoms with Crippen LogP contribution in [0.25, 0.3) is 0 Å². The predicted molar refractivity (Wildman–Crippen MR) is 102 cm³/mol. The Morgan fingerprint density at radius 1 is 1.12 bits per heavy atom. The second kappa shape index (κ2) is 6.95. The first-order valence-electron chi connectivity index (χ1n) is 9.59. The number of carbonyl (C=O) groups is 2. The summed E-state index contributed by atoms with van der Waals surface area (Å²) in [6.07, 6.45) is 10.5. The van der Waals surface area contributed by atoms with Crippen LogP contribution in [0.1, 0.15) is 50.5 Å². The van der Waals surface area contributed by atoms with Gasteiger partial charge in [-0.2, -0.15) is 0 Å². The molecule has 4 saturated carbocycles. The molecule has 4 bridgehead atoms. The highest BCUT2D eigenvalue weighted by Gasteiger charge is 2.59. The molecule has 4 aliphatic rings. The summed E-state index contributed by atoms with van der Waals surface area (Å²) in [6, 6.07) is 3.76. The summed E-state index contributed by atoms with van der Waals surface area (Å²) < 4.78 is 0.177. The average molecular weight is 420 g/mol. The van der Waals surface area contributed by atoms with Crippen molar-refractivity contribution in [2.24, 2.45) is 17.3 Å². The van der Waals surface area contributed by atoms with Crippen LogP contribution >= 0.6 is 15.9 Å². The smallest absolute Gasteiger partial charge is 0.226 e. The minimum atomic E-state index is -0.207. The zero-order chi connectivity index (χ0) is 18.2. The van der Waals surface area contributed by atoms with E-state index >= 15 is 0 Å². The number of halogens is 1. The number of carbonyl (C=O) groups excluding carboxylic acids is 2. The molecule has 5 nitrogen and oxygen atoms in total. The van der Waals surface area contributed by atoms with E-state index in [2.05, 4.69) is 31.5 Å². The van der Waals surface area contributed by atoms with Gasteiger partial charge in [-0.15, -0.1) is 0 Å². The van der Waals surface area contributed by atoms with Gasteiger partial charge in [-0.1, -0.05) is 15.9 Å². The molecule has 2 unspecified atom stereocenters. The lowest BCUT2D eigenvalue weighted by molar-refractivity contribution is -0.144. The molecule has 2 N–H and O–H groups in total. The summed E-state index contributed by atoms with van der Waals surface area (Å²) in [4.78, 5) is 28.9. The van der Waals surface area contributed by atoms with Crippen molar-refractivity contribution in [1.82, 2.24) is 15.6 Å². The number of rotatable bonds is 6. The summed E-state index contributed by atoms with van der Waals surface area (Å²) in [6.45, 7) is 0.905. The van der Waals surface area contributed by atoms with Crippen molar-refractivity contribution >= 4 is 27.7 Å². The zero-order valence-electron chi connectivity index (χ0n) is 15.0. The zero-order valence-corrected chi connectivity index (χ0v) is 16.6. The van der Waals surface area contributed by atoms with Crippen LogP contribution in [-0.4, -0.2) is 27.7 Å². The van der Waals surface area contributed by atoms with E-state index in [-0.39, 0.29) is 21.6 Å². The molecule has 0 spiro atoms. The van der Waals surface area contributed by atoms with Crippen molar-refractivity contribution in [3.05, 3.63) is 30.1 Å². The van der Waals surface area contributed by atoms with Gasteiger partial charge in [0.15, 0.2) is 0 Å². The van der Waals surface area contributed by atoms with E-state index in [9.17, 15) is 9.59 Å². The third-order valence-electron chi connectivity index (χ3n) is 6.35. The van der Waals surface area contributed by atoms with E-state index in [4.69, 9.17) is 0 Å². The van der Waals surface area contributed by atoms with Gasteiger partial charge in [0.25, 0.3) is 0 Å². The van der Waals surface area contributed by atoms with Gasteiger partial charge in [0.05, 0.1) is 5.41 Å². The van der Waals surface area contributed by atoms with Crippen LogP contribution < -0.4 is 10.6 Å². The van der Waals surface area contributed by atoms with E-state index in [1.807, 2.05) is 12.1 Å². The van der Waals surface area contributed by atoms with Crippen LogP contribution in [-0.2, 0) is 16.1 Å². The molecule has 6 heteroatoms. The molecule has 140 valence electrons. The van der Waals surface area contributed by atoms with E-state index < -0.39 is 0 Å². The average Bonchev–Trinajstić information content (AvgIpc) is 2.58. The topological polar surface area (TPSA) is 71.1 Å². The minimum absolute atomic E-state index is 0.0374. The quantitative estimate of drug-likeness (QED) is 0.696. The Morgan fingerprint density at radius 2 is 1.81 bits per heavy atom. The SMILES string of the molecule is O=C(CCNC(=O)C12CC3CC(CC(Br)(C3)C1)C2)NCc1ccncc1. The predicted octanol–water partition coefficient (Wildman–Crippen LogP) is 2.94. The first kappa shape index (κ1) is 18.0. The Kier molecular flexibility index (Phi) is 4.80. The summed E-state index contributed by atoms with van der Waals surface area (Å²) in [7, 11) is 0. The Bertz CT molecular complexity index is 680. The maximum atomic E-state index is 12.9. The second-order valence-electron chi connectivity index (χ2n) is 8.53. The number of pyridine rings is 1. The molecule has 2 amide bonds. The maximum Gasteiger partial charge on any atom is 0.226 e. The maximum absolute atomic E-state index is 12.9. The van der Waals surface area contributed by atoms with Gasteiger partial charge in [-0.05, 0) is 68.1 Å². The monoisotopic (exact) mass is 419 g/mol. The van der Waals surface area contributed by atoms with Crippen LogP contribution in [0.15, 0.2) is 24.5 Å². The largest absolute Gasteiger partial charge is 0.355 e. The molecule has 26 heavy (non-hydrogen) atoms. The standard InChI is InChI=1S/C20H26BrN3O2/c21-20-10-15-7-16(11-20)9-19(8-15,13-20)18(26)23-6-3-17(25)24-12-14-1-4-22-5-2-14/h1-2,4-5,15-16H,3,6-13H2,(H,23,26)(H,24,25). The van der Waals surface area contributed by atoms with Crippen LogP contribution in [0.2, 0.25) is 0 Å². The van der Waals surface area contributed by atoms with Gasteiger partial charge < -0.3 is 10.6 Å². The summed E-state index contributed by atoms with van der Waals surface area (Å²) >= 11 is 3.95. The number of hydrogen-bond donors (Lipinski definition) is 2. The number of amides is 2. The lowest BCUT2D eigenvalue weighted by Crippen LogP contribution is -2.58. The molecule has 1 aromatic rings. The van der Waals surface area contributed by atoms with Crippen molar-refractivity contribution < 1.29 is 9.59 Å². The molecule has 1 aromatic heterocycles. The number of nitrogens with one attached hydrogen (secondary N) is 2. The van der Waals surface area contributed by atoms with Gasteiger partial charge in [-0.25, -0.2) is 0 Å². The highest BCUT2D eigenvalue weighted by molar-refractivity contribution is 9.10. The highest BCUT2D eigenvalue weighted by atomic mass is 79.9. The first-order valence-corrected chi connectivity index (χ1v) is 10.4. The lowest BCUT2D eigenvalue weighted by Gasteiger charge is -2.59. The van der Waals surface area contributed by atoms with Gasteiger partial charge in [-0.3, -0.25) is 14.6 Å². The number of hydrogen-bond acceptors (Lipinski definition) is 3. The Balaban J connectivity index is 1.25. The number of alkyl halides is 1. The summed E-state index contributed by atoms with van der Waals surface area (Å²) in [5.74, 6) is 1.50. The third kappa shape index (κ3) is 3.66. The van der Waals surface area contributed by atoms with E-state index in [0.717, 1.165) is 24.8 Å². The van der Waals surface area contributed by atoms with Crippen molar-refractivity contribution in [1.29, 1.82) is 0 Å². The first-order chi connectivity index (χ1) is 12.5. The molecule has 2 atom stereocenters. The van der Waals surface area contributed by atoms with Crippen LogP contribution in [0, 0.1) is 17.3 Å². The number of nitrogens with zero attached hydrogens (tertiary/aromatic N) is 1. The van der Waals surface area contributed by atoms with Crippen molar-refractivity contribution in [2.45, 2.75) is 55.8 Å². The van der Waals surface area contributed by atoms with E-state index in [0.29, 0.717) is 31.3 Å². The van der Waals surface area contributed by atoms with Gasteiger partial charge in [0.2, 0.25) is 11.8 Å². The van der Waals surface area contributed by atoms with E-state index in [1.54, 1.807) is 12.4 Å². The van der Waals surface area contributed by atoms with Crippen LogP contribution in [0.3, 0.4) is 0 Å². The second-order valence-corrected chi connectivity index (χ2v) is 10.2. The Hall–Kier alpha value is -1.43. The van der Waals surface area contributed by atoms with Crippen molar-refractivity contribution in [3.8, 4) is 0 Å². The highest BCUT2D eigenvalue weighted by Crippen LogP contribution is 2.64. The molecule has 0 saturated heterocycles. The minimum Gasteiger partial charge on any atom is -0.355 e. The summed E-state index contributed by atoms with van der Waals surface area (Å²) in [5.41, 5.74) is 0.815. The van der Waals surface area contributed by atoms with Gasteiger partial charge in [0.1, 0.15) is 0 Å². The molecule has 4 aliphatic carbocycles. The van der Waals surface area contributed by atoms with Crippen molar-refractivity contribution in [3.63, 3.8) is 0 Å².